The average Bonchev–Trinajstić information content (AvgIpc) is 3.25. The van der Waals surface area contributed by atoms with Gasteiger partial charge in [-0.05, 0) is 32.7 Å². The number of guanidine groups is 1. The van der Waals surface area contributed by atoms with Gasteiger partial charge < -0.3 is 15.5 Å². The minimum Gasteiger partial charge on any atom is -0.356 e. The Bertz CT molecular complexity index is 600. The van der Waals surface area contributed by atoms with Gasteiger partial charge >= 0.3 is 0 Å². The molecular weight excluding hydrogens is 348 g/mol. The van der Waals surface area contributed by atoms with Gasteiger partial charge in [-0.25, -0.2) is 4.98 Å². The summed E-state index contributed by atoms with van der Waals surface area (Å²) in [4.78, 5) is 25.0. The molecule has 1 aromatic heterocycles. The highest BCUT2D eigenvalue weighted by Crippen LogP contribution is 2.18. The first-order valence-electron chi connectivity index (χ1n) is 9.32. The van der Waals surface area contributed by atoms with Crippen LogP contribution in [0.2, 0.25) is 0 Å². The van der Waals surface area contributed by atoms with E-state index in [2.05, 4.69) is 30.9 Å². The van der Waals surface area contributed by atoms with Crippen molar-refractivity contribution in [1.29, 1.82) is 0 Å². The molecule has 2 rings (SSSR count). The summed E-state index contributed by atoms with van der Waals surface area (Å²) >= 11 is 1.69. The summed E-state index contributed by atoms with van der Waals surface area (Å²) in [5.41, 5.74) is 1.13. The molecule has 2 heterocycles. The Kier molecular flexibility index (Phi) is 8.31. The van der Waals surface area contributed by atoms with Crippen LogP contribution in [-0.2, 0) is 11.2 Å². The Morgan fingerprint density at radius 3 is 2.85 bits per heavy atom. The van der Waals surface area contributed by atoms with Crippen LogP contribution in [0.25, 0.3) is 0 Å². The Morgan fingerprint density at radius 1 is 1.42 bits per heavy atom. The number of thiazole rings is 1. The van der Waals surface area contributed by atoms with E-state index in [-0.39, 0.29) is 11.9 Å². The van der Waals surface area contributed by atoms with Crippen molar-refractivity contribution in [2.24, 2.45) is 4.99 Å². The number of nitrogens with zero attached hydrogens (tertiary/aromatic N) is 4. The number of aromatic nitrogens is 1. The number of rotatable bonds is 8. The van der Waals surface area contributed by atoms with Gasteiger partial charge in [0.15, 0.2) is 5.96 Å². The number of likely N-dealkylation sites (N-methyl/N-ethyl adjacent to an activating group) is 1. The van der Waals surface area contributed by atoms with Crippen molar-refractivity contribution in [2.75, 3.05) is 47.3 Å². The highest BCUT2D eigenvalue weighted by atomic mass is 32.1. The molecule has 0 aromatic carbocycles. The standard InChI is InChI=1S/C18H32N6OS/c1-14-22-15(13-26-14)8-10-21-18(19-2)20-9-6-12-24-11-5-7-16(24)17(25)23(3)4/h13,16H,5-12H2,1-4H3,(H2,19,20,21). The predicted molar refractivity (Wildman–Crippen MR) is 108 cm³/mol. The van der Waals surface area contributed by atoms with Crippen molar-refractivity contribution in [3.05, 3.63) is 16.1 Å². The predicted octanol–water partition coefficient (Wildman–Crippen LogP) is 1.10. The van der Waals surface area contributed by atoms with Crippen LogP contribution in [0.4, 0.5) is 0 Å². The lowest BCUT2D eigenvalue weighted by Gasteiger charge is -2.26. The van der Waals surface area contributed by atoms with Crippen molar-refractivity contribution in [1.82, 2.24) is 25.4 Å². The zero-order valence-electron chi connectivity index (χ0n) is 16.4. The quantitative estimate of drug-likeness (QED) is 0.401. The number of hydrogen-bond acceptors (Lipinski definition) is 5. The second-order valence-corrected chi connectivity index (χ2v) is 7.88. The molecule has 1 atom stereocenters. The maximum atomic E-state index is 12.2. The number of aryl methyl sites for hydroxylation is 1. The van der Waals surface area contributed by atoms with E-state index in [1.54, 1.807) is 23.3 Å². The van der Waals surface area contributed by atoms with E-state index >= 15 is 0 Å². The third kappa shape index (κ3) is 6.25. The van der Waals surface area contributed by atoms with Gasteiger partial charge in [-0.15, -0.1) is 11.3 Å². The number of carbonyl (C=O) groups excluding carboxylic acids is 1. The number of aliphatic imine (C=N–C) groups is 1. The van der Waals surface area contributed by atoms with Gasteiger partial charge in [0, 0.05) is 52.6 Å². The summed E-state index contributed by atoms with van der Waals surface area (Å²) in [5, 5.41) is 9.89. The van der Waals surface area contributed by atoms with Gasteiger partial charge in [0.25, 0.3) is 0 Å². The number of amides is 1. The molecule has 1 amide bonds. The van der Waals surface area contributed by atoms with Gasteiger partial charge in [-0.1, -0.05) is 0 Å². The smallest absolute Gasteiger partial charge is 0.239 e. The molecule has 1 aromatic rings. The van der Waals surface area contributed by atoms with Crippen molar-refractivity contribution in [2.45, 2.75) is 38.6 Å². The molecule has 8 heteroatoms. The SMILES string of the molecule is CN=C(NCCCN1CCCC1C(=O)N(C)C)NCCc1csc(C)n1. The number of likely N-dealkylation sites (tertiary alicyclic amines) is 1. The van der Waals surface area contributed by atoms with E-state index in [0.29, 0.717) is 0 Å². The van der Waals surface area contributed by atoms with Gasteiger partial charge in [0.1, 0.15) is 0 Å². The Balaban J connectivity index is 1.63. The molecule has 26 heavy (non-hydrogen) atoms. The van der Waals surface area contributed by atoms with Crippen LogP contribution in [0.15, 0.2) is 10.4 Å². The molecule has 0 spiro atoms. The van der Waals surface area contributed by atoms with Gasteiger partial charge in [0.05, 0.1) is 16.7 Å². The van der Waals surface area contributed by atoms with Crippen LogP contribution in [0.3, 0.4) is 0 Å². The number of carbonyl (C=O) groups is 1. The zero-order chi connectivity index (χ0) is 18.9. The van der Waals surface area contributed by atoms with Gasteiger partial charge in [0.2, 0.25) is 5.91 Å². The fourth-order valence-electron chi connectivity index (χ4n) is 3.21. The highest BCUT2D eigenvalue weighted by Gasteiger charge is 2.30. The summed E-state index contributed by atoms with van der Waals surface area (Å²) in [6.45, 7) is 5.64. The largest absolute Gasteiger partial charge is 0.356 e. The lowest BCUT2D eigenvalue weighted by molar-refractivity contribution is -0.133. The fraction of sp³-hybridized carbons (Fsp3) is 0.722. The highest BCUT2D eigenvalue weighted by molar-refractivity contribution is 7.09. The Hall–Kier alpha value is -1.67. The van der Waals surface area contributed by atoms with E-state index < -0.39 is 0 Å². The lowest BCUT2D eigenvalue weighted by Crippen LogP contribution is -2.44. The van der Waals surface area contributed by atoms with Gasteiger partial charge in [-0.2, -0.15) is 0 Å². The zero-order valence-corrected chi connectivity index (χ0v) is 17.2. The van der Waals surface area contributed by atoms with E-state index in [1.165, 1.54) is 0 Å². The molecule has 1 aliphatic rings. The van der Waals surface area contributed by atoms with Crippen molar-refractivity contribution >= 4 is 23.2 Å². The minimum atomic E-state index is 0.0593. The summed E-state index contributed by atoms with van der Waals surface area (Å²) in [6.07, 6.45) is 3.97. The molecule has 2 N–H and O–H groups in total. The molecule has 1 aliphatic heterocycles. The van der Waals surface area contributed by atoms with E-state index in [9.17, 15) is 4.79 Å². The van der Waals surface area contributed by atoms with Crippen LogP contribution >= 0.6 is 11.3 Å². The lowest BCUT2D eigenvalue weighted by atomic mass is 10.2. The first-order chi connectivity index (χ1) is 12.5. The molecule has 0 bridgehead atoms. The third-order valence-corrected chi connectivity index (χ3v) is 5.39. The second kappa shape index (κ2) is 10.5. The van der Waals surface area contributed by atoms with Crippen molar-refractivity contribution in [3.63, 3.8) is 0 Å². The summed E-state index contributed by atoms with van der Waals surface area (Å²) in [6, 6.07) is 0.0593. The monoisotopic (exact) mass is 380 g/mol. The minimum absolute atomic E-state index is 0.0593. The topological polar surface area (TPSA) is 72.9 Å². The molecule has 0 aliphatic carbocycles. The molecular formula is C18H32N6OS. The molecule has 7 nitrogen and oxygen atoms in total. The third-order valence-electron chi connectivity index (χ3n) is 4.57. The van der Waals surface area contributed by atoms with Crippen LogP contribution in [-0.4, -0.2) is 80.0 Å². The maximum Gasteiger partial charge on any atom is 0.239 e. The Morgan fingerprint density at radius 2 is 2.19 bits per heavy atom. The first kappa shape index (κ1) is 20.6. The summed E-state index contributed by atoms with van der Waals surface area (Å²) in [5.74, 6) is 1.05. The molecule has 146 valence electrons. The van der Waals surface area contributed by atoms with E-state index in [0.717, 1.165) is 68.5 Å². The Labute approximate surface area is 160 Å². The second-order valence-electron chi connectivity index (χ2n) is 6.81. The maximum absolute atomic E-state index is 12.2. The van der Waals surface area contributed by atoms with Gasteiger partial charge in [-0.3, -0.25) is 14.7 Å². The molecule has 0 radical (unpaired) electrons. The molecule has 1 fully saturated rings. The normalized spacial score (nSPS) is 18.2. The van der Waals surface area contributed by atoms with Crippen LogP contribution in [0.1, 0.15) is 30.0 Å². The molecule has 0 saturated carbocycles. The van der Waals surface area contributed by atoms with Crippen molar-refractivity contribution < 1.29 is 4.79 Å². The number of hydrogen-bond donors (Lipinski definition) is 2. The van der Waals surface area contributed by atoms with E-state index in [4.69, 9.17) is 0 Å². The van der Waals surface area contributed by atoms with Crippen LogP contribution in [0, 0.1) is 6.92 Å². The summed E-state index contributed by atoms with van der Waals surface area (Å²) < 4.78 is 0. The van der Waals surface area contributed by atoms with Crippen LogP contribution in [0.5, 0.6) is 0 Å². The molecule has 1 saturated heterocycles. The first-order valence-corrected chi connectivity index (χ1v) is 10.2. The number of nitrogens with one attached hydrogen (secondary N) is 2. The van der Waals surface area contributed by atoms with Crippen LogP contribution < -0.4 is 10.6 Å². The van der Waals surface area contributed by atoms with E-state index in [1.807, 2.05) is 21.0 Å². The summed E-state index contributed by atoms with van der Waals surface area (Å²) in [7, 11) is 5.46. The van der Waals surface area contributed by atoms with Crippen molar-refractivity contribution in [3.8, 4) is 0 Å². The molecule has 1 unspecified atom stereocenters. The fourth-order valence-corrected chi connectivity index (χ4v) is 3.86. The average molecular weight is 381 g/mol.